The molecule has 0 saturated heterocycles. The minimum absolute atomic E-state index is 0.423. The molecule has 310 valence electrons. The van der Waals surface area contributed by atoms with Crippen molar-refractivity contribution in [3.8, 4) is 33.6 Å². The highest BCUT2D eigenvalue weighted by molar-refractivity contribution is 6.13. The van der Waals surface area contributed by atoms with Gasteiger partial charge in [-0.15, -0.1) is 0 Å². The Bertz CT molecular complexity index is 3390. The predicted octanol–water partition coefficient (Wildman–Crippen LogP) is 15.6. The Balaban J connectivity index is 0.000000230. The molecule has 0 radical (unpaired) electrons. The summed E-state index contributed by atoms with van der Waals surface area (Å²) in [6, 6.07) is 78.9. The molecule has 64 heavy (non-hydrogen) atoms. The topological polar surface area (TPSA) is 59.7 Å². The van der Waals surface area contributed by atoms with E-state index in [1.807, 2.05) is 74.5 Å². The minimum Gasteiger partial charge on any atom is -0.398 e. The number of aromatic nitrogens is 2. The van der Waals surface area contributed by atoms with E-state index < -0.39 is 0 Å². The maximum absolute atomic E-state index is 7.95. The van der Waals surface area contributed by atoms with Crippen molar-refractivity contribution in [3.05, 3.63) is 247 Å². The highest BCUT2D eigenvalue weighted by Gasteiger charge is 2.16. The van der Waals surface area contributed by atoms with Gasteiger partial charge in [0.15, 0.2) is 0 Å². The summed E-state index contributed by atoms with van der Waals surface area (Å²) in [4.78, 5) is 0. The van der Waals surface area contributed by atoms with Gasteiger partial charge in [0.2, 0.25) is 0 Å². The van der Waals surface area contributed by atoms with E-state index in [0.29, 0.717) is 11.4 Å². The molecule has 3 N–H and O–H groups in total. The zero-order valence-corrected chi connectivity index (χ0v) is 36.4. The highest BCUT2D eigenvalue weighted by atomic mass is 15.0. The molecule has 0 spiro atoms. The normalized spacial score (nSPS) is 11.3. The third kappa shape index (κ3) is 8.13. The molecule has 2 aromatic heterocycles. The fraction of sp³-hybridized carbons (Fsp3) is 0.0500. The van der Waals surface area contributed by atoms with Crippen molar-refractivity contribution in [1.29, 1.82) is 5.41 Å². The van der Waals surface area contributed by atoms with Crippen LogP contribution in [0.5, 0.6) is 0 Å². The smallest absolute Gasteiger partial charge is 0.0632 e. The Morgan fingerprint density at radius 1 is 0.391 bits per heavy atom. The molecule has 0 atom stereocenters. The molecule has 4 nitrogen and oxygen atoms in total. The van der Waals surface area contributed by atoms with Crippen LogP contribution in [0.3, 0.4) is 0 Å². The Hall–Kier alpha value is -8.21. The van der Waals surface area contributed by atoms with Crippen LogP contribution < -0.4 is 5.73 Å². The van der Waals surface area contributed by atoms with Gasteiger partial charge in [0, 0.05) is 38.6 Å². The van der Waals surface area contributed by atoms with E-state index in [4.69, 9.17) is 11.1 Å². The SMILES string of the molecule is CC.Cc1ccc(-c2ccc(-n3c4ccccc4c4cc(-c5ccc6c(c5)c5ccccc5n6-c5ccccc5)ccc43)cc2)cc1.N=C(/C=C(\N)c1ccccc1)c1ccccc1. The van der Waals surface area contributed by atoms with Crippen LogP contribution in [0.15, 0.2) is 231 Å². The van der Waals surface area contributed by atoms with Crippen LogP contribution in [0.4, 0.5) is 0 Å². The number of para-hydroxylation sites is 3. The molecule has 0 aliphatic carbocycles. The molecular weight excluding hydrogens is 777 g/mol. The number of nitrogens with zero attached hydrogens (tertiary/aromatic N) is 2. The highest BCUT2D eigenvalue weighted by Crippen LogP contribution is 2.38. The molecule has 11 aromatic rings. The van der Waals surface area contributed by atoms with Gasteiger partial charge in [0.25, 0.3) is 0 Å². The van der Waals surface area contributed by atoms with E-state index in [1.54, 1.807) is 6.08 Å². The van der Waals surface area contributed by atoms with E-state index >= 15 is 0 Å². The van der Waals surface area contributed by atoms with Crippen molar-refractivity contribution in [2.45, 2.75) is 20.8 Å². The monoisotopic (exact) mass is 826 g/mol. The Kier molecular flexibility index (Phi) is 11.8. The van der Waals surface area contributed by atoms with E-state index in [0.717, 1.165) is 11.1 Å². The van der Waals surface area contributed by atoms with Gasteiger partial charge in [-0.3, -0.25) is 0 Å². The van der Waals surface area contributed by atoms with E-state index in [-0.39, 0.29) is 0 Å². The maximum atomic E-state index is 7.95. The summed E-state index contributed by atoms with van der Waals surface area (Å²) >= 11 is 0. The van der Waals surface area contributed by atoms with Gasteiger partial charge in [-0.1, -0.05) is 183 Å². The van der Waals surface area contributed by atoms with E-state index in [2.05, 4.69) is 180 Å². The molecule has 2 heterocycles. The molecular formula is C60H50N4. The van der Waals surface area contributed by atoms with Crippen LogP contribution in [-0.2, 0) is 0 Å². The van der Waals surface area contributed by atoms with Gasteiger partial charge in [-0.05, 0) is 107 Å². The number of rotatable bonds is 7. The number of aryl methyl sites for hydroxylation is 1. The molecule has 0 aliphatic rings. The number of fused-ring (bicyclic) bond motifs is 6. The Morgan fingerprint density at radius 3 is 1.27 bits per heavy atom. The van der Waals surface area contributed by atoms with Crippen molar-refractivity contribution in [2.24, 2.45) is 5.73 Å². The van der Waals surface area contributed by atoms with Gasteiger partial charge >= 0.3 is 0 Å². The van der Waals surface area contributed by atoms with Crippen molar-refractivity contribution >= 4 is 55.0 Å². The molecule has 9 aromatic carbocycles. The summed E-state index contributed by atoms with van der Waals surface area (Å²) < 4.78 is 4.76. The average molecular weight is 827 g/mol. The molecule has 0 aliphatic heterocycles. The molecule has 0 bridgehead atoms. The quantitative estimate of drug-likeness (QED) is 0.155. The van der Waals surface area contributed by atoms with Crippen molar-refractivity contribution in [2.75, 3.05) is 0 Å². The number of hydrogen-bond donors (Lipinski definition) is 2. The van der Waals surface area contributed by atoms with Crippen LogP contribution in [0.25, 0.3) is 82.9 Å². The summed E-state index contributed by atoms with van der Waals surface area (Å²) in [5, 5.41) is 13.0. The summed E-state index contributed by atoms with van der Waals surface area (Å²) in [6.07, 6.45) is 1.69. The van der Waals surface area contributed by atoms with Crippen molar-refractivity contribution < 1.29 is 0 Å². The van der Waals surface area contributed by atoms with E-state index in [9.17, 15) is 0 Å². The summed E-state index contributed by atoms with van der Waals surface area (Å²) in [5.74, 6) is 0. The second-order valence-electron chi connectivity index (χ2n) is 15.7. The summed E-state index contributed by atoms with van der Waals surface area (Å²) in [6.45, 7) is 6.13. The fourth-order valence-corrected chi connectivity index (χ4v) is 8.56. The summed E-state index contributed by atoms with van der Waals surface area (Å²) in [7, 11) is 0. The van der Waals surface area contributed by atoms with Gasteiger partial charge in [0.05, 0.1) is 27.8 Å². The first-order valence-corrected chi connectivity index (χ1v) is 22.0. The van der Waals surface area contributed by atoms with Crippen molar-refractivity contribution in [3.63, 3.8) is 0 Å². The predicted molar refractivity (Wildman–Crippen MR) is 274 cm³/mol. The van der Waals surface area contributed by atoms with Gasteiger partial charge in [-0.25, -0.2) is 0 Å². The average Bonchev–Trinajstić information content (AvgIpc) is 3.88. The second kappa shape index (κ2) is 18.4. The first-order chi connectivity index (χ1) is 31.5. The molecule has 0 unspecified atom stereocenters. The van der Waals surface area contributed by atoms with Crippen LogP contribution in [0.2, 0.25) is 0 Å². The zero-order valence-electron chi connectivity index (χ0n) is 36.4. The number of nitrogens with two attached hydrogens (primary N) is 1. The number of nitrogens with one attached hydrogen (secondary N) is 1. The molecule has 11 rings (SSSR count). The zero-order chi connectivity index (χ0) is 44.0. The van der Waals surface area contributed by atoms with Crippen LogP contribution in [0, 0.1) is 12.3 Å². The first-order valence-electron chi connectivity index (χ1n) is 22.0. The maximum Gasteiger partial charge on any atom is 0.0632 e. The minimum atomic E-state index is 0.423. The van der Waals surface area contributed by atoms with Crippen molar-refractivity contribution in [1.82, 2.24) is 9.13 Å². The first kappa shape index (κ1) is 41.2. The lowest BCUT2D eigenvalue weighted by molar-refractivity contribution is 1.18. The Morgan fingerprint density at radius 2 is 0.766 bits per heavy atom. The lowest BCUT2D eigenvalue weighted by Crippen LogP contribution is -2.02. The van der Waals surface area contributed by atoms with E-state index in [1.165, 1.54) is 82.8 Å². The number of allylic oxidation sites excluding steroid dienone is 1. The third-order valence-electron chi connectivity index (χ3n) is 11.7. The number of hydrogen-bond acceptors (Lipinski definition) is 2. The third-order valence-corrected chi connectivity index (χ3v) is 11.7. The lowest BCUT2D eigenvalue weighted by atomic mass is 10.0. The molecule has 0 fully saturated rings. The lowest BCUT2D eigenvalue weighted by Gasteiger charge is -2.10. The standard InChI is InChI=1S/C43H30N2.C15H14N2.C2H6/c1-29-15-17-30(18-16-29)31-19-23-35(24-20-31)45-41-14-8-6-12-37(41)39-28-33(22-26-43(39)45)32-21-25-42-38(27-32)36-11-5-7-13-40(36)44(42)34-9-3-2-4-10-34;16-14(12-7-3-1-4-8-12)11-15(17)13-9-5-2-6-10-13;1-2/h2-28H,1H3;1-11,16H,17H2;1-2H3/b;15-11-,16-14?;. The number of benzene rings is 9. The molecule has 4 heteroatoms. The Labute approximate surface area is 375 Å². The molecule has 0 saturated carbocycles. The molecule has 0 amide bonds. The van der Waals surface area contributed by atoms with Gasteiger partial charge in [0.1, 0.15) is 0 Å². The van der Waals surface area contributed by atoms with Crippen LogP contribution in [-0.4, -0.2) is 14.8 Å². The fourth-order valence-electron chi connectivity index (χ4n) is 8.56. The summed E-state index contributed by atoms with van der Waals surface area (Å²) in [5.41, 5.74) is 22.2. The van der Waals surface area contributed by atoms with Crippen LogP contribution >= 0.6 is 0 Å². The van der Waals surface area contributed by atoms with Gasteiger partial charge in [-0.2, -0.15) is 0 Å². The second-order valence-corrected chi connectivity index (χ2v) is 15.7. The van der Waals surface area contributed by atoms with Crippen LogP contribution in [0.1, 0.15) is 30.5 Å². The largest absolute Gasteiger partial charge is 0.398 e. The van der Waals surface area contributed by atoms with Gasteiger partial charge < -0.3 is 20.3 Å².